The standard InChI is InChI=1S/C51H31N/c1-2-14-33-29-35(25-24-32(33)13-1)49-40-19-7-9-21-42(40)51(43-22-10-8-20-41(43)49)47-31-46-37-16-4-3-15-36(37)45-30-34(48-23-11-12-28-52-48)26-27-44(45)50(46)39-18-6-5-17-38(39)47/h1-31H. The molecule has 0 atom stereocenters. The fourth-order valence-corrected chi connectivity index (χ4v) is 8.79. The van der Waals surface area contributed by atoms with Gasteiger partial charge in [-0.1, -0.05) is 152 Å². The van der Waals surface area contributed by atoms with Crippen LogP contribution < -0.4 is 0 Å². The summed E-state index contributed by atoms with van der Waals surface area (Å²) < 4.78 is 0. The molecule has 0 amide bonds. The molecular formula is C51H31N. The molecule has 0 saturated carbocycles. The van der Waals surface area contributed by atoms with Crippen LogP contribution in [0.5, 0.6) is 0 Å². The molecule has 1 heterocycles. The van der Waals surface area contributed by atoms with Gasteiger partial charge >= 0.3 is 0 Å². The summed E-state index contributed by atoms with van der Waals surface area (Å²) in [6.45, 7) is 0. The van der Waals surface area contributed by atoms with Crippen molar-refractivity contribution in [2.45, 2.75) is 0 Å². The molecule has 1 heteroatoms. The van der Waals surface area contributed by atoms with Crippen LogP contribution >= 0.6 is 0 Å². The van der Waals surface area contributed by atoms with Crippen molar-refractivity contribution in [2.24, 2.45) is 0 Å². The summed E-state index contributed by atoms with van der Waals surface area (Å²) in [7, 11) is 0. The Morgan fingerprint density at radius 3 is 1.52 bits per heavy atom. The number of nitrogens with zero attached hydrogens (tertiary/aromatic N) is 1. The van der Waals surface area contributed by atoms with E-state index in [1.165, 1.54) is 97.7 Å². The van der Waals surface area contributed by atoms with Crippen LogP contribution in [-0.4, -0.2) is 4.98 Å². The van der Waals surface area contributed by atoms with Gasteiger partial charge in [0, 0.05) is 11.8 Å². The molecule has 11 aromatic rings. The van der Waals surface area contributed by atoms with Crippen molar-refractivity contribution in [1.29, 1.82) is 0 Å². The van der Waals surface area contributed by atoms with Crippen molar-refractivity contribution < 1.29 is 0 Å². The SMILES string of the molecule is c1ccc(-c2ccc3c(c2)c2ccccc2c2cc(-c4c5ccccc5c(-c5ccc6ccccc6c5)c5ccccc45)c4ccccc4c32)nc1. The molecule has 0 saturated heterocycles. The molecule has 0 fully saturated rings. The zero-order valence-electron chi connectivity index (χ0n) is 28.3. The molecule has 0 spiro atoms. The molecular weight excluding hydrogens is 627 g/mol. The van der Waals surface area contributed by atoms with Crippen LogP contribution in [0.2, 0.25) is 0 Å². The van der Waals surface area contributed by atoms with Gasteiger partial charge in [0.05, 0.1) is 5.69 Å². The normalized spacial score (nSPS) is 11.8. The third-order valence-electron chi connectivity index (χ3n) is 11.0. The van der Waals surface area contributed by atoms with Gasteiger partial charge in [0.2, 0.25) is 0 Å². The van der Waals surface area contributed by atoms with Crippen LogP contribution in [0, 0.1) is 0 Å². The largest absolute Gasteiger partial charge is 0.256 e. The molecule has 0 aliphatic heterocycles. The Morgan fingerprint density at radius 2 is 0.827 bits per heavy atom. The van der Waals surface area contributed by atoms with Gasteiger partial charge in [0.1, 0.15) is 0 Å². The van der Waals surface area contributed by atoms with Crippen molar-refractivity contribution in [3.63, 3.8) is 0 Å². The molecule has 0 aliphatic carbocycles. The van der Waals surface area contributed by atoms with Crippen molar-refractivity contribution in [3.8, 4) is 33.5 Å². The smallest absolute Gasteiger partial charge is 0.0702 e. The Balaban J connectivity index is 1.28. The van der Waals surface area contributed by atoms with Crippen molar-refractivity contribution in [1.82, 2.24) is 4.98 Å². The molecule has 52 heavy (non-hydrogen) atoms. The second-order valence-electron chi connectivity index (χ2n) is 13.8. The first kappa shape index (κ1) is 29.0. The lowest BCUT2D eigenvalue weighted by Crippen LogP contribution is -1.93. The summed E-state index contributed by atoms with van der Waals surface area (Å²) in [6.07, 6.45) is 1.87. The van der Waals surface area contributed by atoms with Crippen LogP contribution in [0.1, 0.15) is 0 Å². The number of aromatic nitrogens is 1. The van der Waals surface area contributed by atoms with Gasteiger partial charge in [-0.25, -0.2) is 0 Å². The van der Waals surface area contributed by atoms with Gasteiger partial charge in [-0.3, -0.25) is 4.98 Å². The van der Waals surface area contributed by atoms with E-state index in [0.717, 1.165) is 11.3 Å². The predicted octanol–water partition coefficient (Wildman–Crippen LogP) is 14.2. The Kier molecular flexibility index (Phi) is 6.32. The van der Waals surface area contributed by atoms with E-state index >= 15 is 0 Å². The summed E-state index contributed by atoms with van der Waals surface area (Å²) in [6, 6.07) is 66.9. The molecule has 1 nitrogen and oxygen atoms in total. The van der Waals surface area contributed by atoms with E-state index in [4.69, 9.17) is 0 Å². The van der Waals surface area contributed by atoms with Gasteiger partial charge in [-0.05, 0) is 128 Å². The van der Waals surface area contributed by atoms with E-state index in [9.17, 15) is 0 Å². The van der Waals surface area contributed by atoms with E-state index in [1.54, 1.807) is 0 Å². The maximum Gasteiger partial charge on any atom is 0.0702 e. The molecule has 0 N–H and O–H groups in total. The predicted molar refractivity (Wildman–Crippen MR) is 223 cm³/mol. The number of benzene rings is 10. The summed E-state index contributed by atoms with van der Waals surface area (Å²) in [4.78, 5) is 4.68. The van der Waals surface area contributed by atoms with Crippen LogP contribution in [-0.2, 0) is 0 Å². The Bertz CT molecular complexity index is 3170. The van der Waals surface area contributed by atoms with Gasteiger partial charge in [-0.2, -0.15) is 0 Å². The fraction of sp³-hybridized carbons (Fsp3) is 0. The van der Waals surface area contributed by atoms with E-state index in [0.29, 0.717) is 0 Å². The summed E-state index contributed by atoms with van der Waals surface area (Å²) in [5.41, 5.74) is 7.18. The molecule has 240 valence electrons. The van der Waals surface area contributed by atoms with Crippen LogP contribution in [0.3, 0.4) is 0 Å². The van der Waals surface area contributed by atoms with E-state index in [-0.39, 0.29) is 0 Å². The Hall–Kier alpha value is -6.83. The highest BCUT2D eigenvalue weighted by Gasteiger charge is 2.21. The average Bonchev–Trinajstić information content (AvgIpc) is 3.22. The minimum atomic E-state index is 0.986. The highest BCUT2D eigenvalue weighted by Crippen LogP contribution is 2.49. The molecule has 11 rings (SSSR count). The van der Waals surface area contributed by atoms with E-state index in [2.05, 4.69) is 181 Å². The lowest BCUT2D eigenvalue weighted by molar-refractivity contribution is 1.33. The van der Waals surface area contributed by atoms with Crippen molar-refractivity contribution in [2.75, 3.05) is 0 Å². The second-order valence-corrected chi connectivity index (χ2v) is 13.8. The zero-order valence-corrected chi connectivity index (χ0v) is 28.3. The topological polar surface area (TPSA) is 12.9 Å². The van der Waals surface area contributed by atoms with Crippen molar-refractivity contribution >= 4 is 75.4 Å². The number of fused-ring (bicyclic) bond motifs is 11. The lowest BCUT2D eigenvalue weighted by Gasteiger charge is -2.21. The monoisotopic (exact) mass is 657 g/mol. The summed E-state index contributed by atoms with van der Waals surface area (Å²) in [5.74, 6) is 0. The lowest BCUT2D eigenvalue weighted by atomic mass is 9.82. The first-order valence-corrected chi connectivity index (χ1v) is 18.0. The average molecular weight is 658 g/mol. The summed E-state index contributed by atoms with van der Waals surface area (Å²) >= 11 is 0. The highest BCUT2D eigenvalue weighted by molar-refractivity contribution is 6.35. The molecule has 1 aromatic heterocycles. The first-order chi connectivity index (χ1) is 25.8. The number of hydrogen-bond acceptors (Lipinski definition) is 1. The number of rotatable bonds is 3. The van der Waals surface area contributed by atoms with Gasteiger partial charge in [-0.15, -0.1) is 0 Å². The number of pyridine rings is 1. The Labute approximate surface area is 301 Å². The van der Waals surface area contributed by atoms with Crippen LogP contribution in [0.25, 0.3) is 109 Å². The first-order valence-electron chi connectivity index (χ1n) is 18.0. The van der Waals surface area contributed by atoms with Crippen LogP contribution in [0.4, 0.5) is 0 Å². The van der Waals surface area contributed by atoms with Gasteiger partial charge < -0.3 is 0 Å². The van der Waals surface area contributed by atoms with Gasteiger partial charge in [0.15, 0.2) is 0 Å². The molecule has 10 aromatic carbocycles. The van der Waals surface area contributed by atoms with E-state index in [1.807, 2.05) is 12.3 Å². The quantitative estimate of drug-likeness (QED) is 0.136. The Morgan fingerprint density at radius 1 is 0.288 bits per heavy atom. The maximum atomic E-state index is 4.68. The molecule has 0 aliphatic rings. The minimum Gasteiger partial charge on any atom is -0.256 e. The maximum absolute atomic E-state index is 4.68. The fourth-order valence-electron chi connectivity index (χ4n) is 8.79. The van der Waals surface area contributed by atoms with Gasteiger partial charge in [0.25, 0.3) is 0 Å². The summed E-state index contributed by atoms with van der Waals surface area (Å²) in [5, 5.41) is 17.7. The van der Waals surface area contributed by atoms with Crippen LogP contribution in [0.15, 0.2) is 188 Å². The second kappa shape index (κ2) is 11.3. The molecule has 0 bridgehead atoms. The highest BCUT2D eigenvalue weighted by atomic mass is 14.7. The third kappa shape index (κ3) is 4.26. The number of hydrogen-bond donors (Lipinski definition) is 0. The van der Waals surface area contributed by atoms with E-state index < -0.39 is 0 Å². The minimum absolute atomic E-state index is 0.986. The van der Waals surface area contributed by atoms with Crippen molar-refractivity contribution in [3.05, 3.63) is 188 Å². The third-order valence-corrected chi connectivity index (χ3v) is 11.0. The molecule has 0 radical (unpaired) electrons. The molecule has 0 unspecified atom stereocenters. The zero-order chi connectivity index (χ0) is 34.2.